The summed E-state index contributed by atoms with van der Waals surface area (Å²) in [6.07, 6.45) is 1.67. The van der Waals surface area contributed by atoms with Crippen molar-refractivity contribution >= 4 is 5.69 Å². The van der Waals surface area contributed by atoms with Gasteiger partial charge in [0.1, 0.15) is 5.75 Å². The van der Waals surface area contributed by atoms with Gasteiger partial charge in [0.15, 0.2) is 0 Å². The van der Waals surface area contributed by atoms with Crippen molar-refractivity contribution in [2.45, 2.75) is 13.0 Å². The number of anilines is 1. The van der Waals surface area contributed by atoms with Crippen LogP contribution in [0.1, 0.15) is 6.92 Å². The van der Waals surface area contributed by atoms with E-state index in [1.165, 1.54) is 0 Å². The Bertz CT molecular complexity index is 312. The summed E-state index contributed by atoms with van der Waals surface area (Å²) in [5.74, 6) is 0.792. The van der Waals surface area contributed by atoms with Crippen LogP contribution in [0, 0.1) is 0 Å². The maximum atomic E-state index is 9.03. The lowest BCUT2D eigenvalue weighted by Crippen LogP contribution is -2.21. The number of hydrogen-bond donors (Lipinski definition) is 2. The zero-order valence-electron chi connectivity index (χ0n) is 8.94. The highest BCUT2D eigenvalue weighted by molar-refractivity contribution is 5.57. The molecule has 82 valence electrons. The molecule has 1 aromatic carbocycles. The van der Waals surface area contributed by atoms with Crippen LogP contribution in [0.2, 0.25) is 0 Å². The second-order valence-electron chi connectivity index (χ2n) is 3.10. The van der Waals surface area contributed by atoms with Crippen LogP contribution in [0.4, 0.5) is 5.69 Å². The monoisotopic (exact) mass is 207 g/mol. The molecule has 15 heavy (non-hydrogen) atoms. The van der Waals surface area contributed by atoms with E-state index in [4.69, 9.17) is 9.84 Å². The standard InChI is InChI=1S/C12H17NO2/c1-3-10(9-14)13-11-7-5-6-8-12(11)15-4-2/h3,5-8,10,13-14H,1,4,9H2,2H3. The Labute approximate surface area is 90.4 Å². The maximum Gasteiger partial charge on any atom is 0.142 e. The summed E-state index contributed by atoms with van der Waals surface area (Å²) in [5, 5.41) is 12.2. The highest BCUT2D eigenvalue weighted by Gasteiger charge is 2.06. The van der Waals surface area contributed by atoms with E-state index in [-0.39, 0.29) is 12.6 Å². The fourth-order valence-corrected chi connectivity index (χ4v) is 1.25. The number of para-hydroxylation sites is 2. The molecule has 0 radical (unpaired) electrons. The Balaban J connectivity index is 2.78. The molecule has 0 saturated heterocycles. The second kappa shape index (κ2) is 6.09. The number of benzene rings is 1. The third-order valence-electron chi connectivity index (χ3n) is 2.01. The lowest BCUT2D eigenvalue weighted by Gasteiger charge is -2.16. The smallest absolute Gasteiger partial charge is 0.142 e. The summed E-state index contributed by atoms with van der Waals surface area (Å²) in [6.45, 7) is 6.22. The van der Waals surface area contributed by atoms with Gasteiger partial charge < -0.3 is 15.2 Å². The van der Waals surface area contributed by atoms with E-state index in [1.807, 2.05) is 31.2 Å². The molecule has 3 nitrogen and oxygen atoms in total. The first kappa shape index (κ1) is 11.6. The van der Waals surface area contributed by atoms with Crippen molar-refractivity contribution in [1.29, 1.82) is 0 Å². The molecule has 0 spiro atoms. The molecule has 0 amide bonds. The zero-order chi connectivity index (χ0) is 11.1. The topological polar surface area (TPSA) is 41.5 Å². The van der Waals surface area contributed by atoms with E-state index >= 15 is 0 Å². The van der Waals surface area contributed by atoms with Crippen LogP contribution < -0.4 is 10.1 Å². The van der Waals surface area contributed by atoms with Crippen molar-refractivity contribution in [3.63, 3.8) is 0 Å². The van der Waals surface area contributed by atoms with Gasteiger partial charge in [0.2, 0.25) is 0 Å². The van der Waals surface area contributed by atoms with Gasteiger partial charge in [-0.1, -0.05) is 18.2 Å². The second-order valence-corrected chi connectivity index (χ2v) is 3.10. The van der Waals surface area contributed by atoms with Crippen molar-refractivity contribution < 1.29 is 9.84 Å². The van der Waals surface area contributed by atoms with Gasteiger partial charge >= 0.3 is 0 Å². The molecular formula is C12H17NO2. The highest BCUT2D eigenvalue weighted by atomic mass is 16.5. The Morgan fingerprint density at radius 3 is 2.87 bits per heavy atom. The molecule has 0 heterocycles. The minimum atomic E-state index is -0.147. The van der Waals surface area contributed by atoms with Crippen molar-refractivity contribution in [3.8, 4) is 5.75 Å². The fraction of sp³-hybridized carbons (Fsp3) is 0.333. The van der Waals surface area contributed by atoms with Crippen LogP contribution >= 0.6 is 0 Å². The van der Waals surface area contributed by atoms with E-state index in [0.29, 0.717) is 6.61 Å². The van der Waals surface area contributed by atoms with E-state index in [9.17, 15) is 0 Å². The van der Waals surface area contributed by atoms with Gasteiger partial charge in [0, 0.05) is 0 Å². The highest BCUT2D eigenvalue weighted by Crippen LogP contribution is 2.24. The zero-order valence-corrected chi connectivity index (χ0v) is 8.94. The van der Waals surface area contributed by atoms with Crippen molar-refractivity contribution in [2.75, 3.05) is 18.5 Å². The molecule has 0 fully saturated rings. The van der Waals surface area contributed by atoms with Gasteiger partial charge in [0.05, 0.1) is 24.9 Å². The third kappa shape index (κ3) is 3.29. The van der Waals surface area contributed by atoms with Crippen LogP contribution in [-0.4, -0.2) is 24.4 Å². The fourth-order valence-electron chi connectivity index (χ4n) is 1.25. The number of nitrogens with one attached hydrogen (secondary N) is 1. The Morgan fingerprint density at radius 1 is 1.53 bits per heavy atom. The maximum absolute atomic E-state index is 9.03. The summed E-state index contributed by atoms with van der Waals surface area (Å²) >= 11 is 0. The largest absolute Gasteiger partial charge is 0.492 e. The summed E-state index contributed by atoms with van der Waals surface area (Å²) in [6, 6.07) is 7.49. The van der Waals surface area contributed by atoms with E-state index in [2.05, 4.69) is 11.9 Å². The Kier molecular flexibility index (Phi) is 4.71. The van der Waals surface area contributed by atoms with E-state index < -0.39 is 0 Å². The van der Waals surface area contributed by atoms with Crippen molar-refractivity contribution in [1.82, 2.24) is 0 Å². The molecule has 0 saturated carbocycles. The lowest BCUT2D eigenvalue weighted by atomic mass is 10.2. The minimum absolute atomic E-state index is 0.0178. The molecule has 0 aliphatic rings. The number of rotatable bonds is 6. The van der Waals surface area contributed by atoms with Gasteiger partial charge in [-0.25, -0.2) is 0 Å². The Hall–Kier alpha value is -1.48. The van der Waals surface area contributed by atoms with E-state index in [0.717, 1.165) is 11.4 Å². The number of ether oxygens (including phenoxy) is 1. The average Bonchev–Trinajstić information content (AvgIpc) is 2.28. The third-order valence-corrected chi connectivity index (χ3v) is 2.01. The first-order valence-electron chi connectivity index (χ1n) is 5.03. The van der Waals surface area contributed by atoms with Gasteiger partial charge in [-0.15, -0.1) is 6.58 Å². The van der Waals surface area contributed by atoms with Gasteiger partial charge in [-0.05, 0) is 19.1 Å². The molecule has 1 atom stereocenters. The first-order chi connectivity index (χ1) is 7.31. The van der Waals surface area contributed by atoms with Crippen LogP contribution in [-0.2, 0) is 0 Å². The van der Waals surface area contributed by atoms with Crippen molar-refractivity contribution in [3.05, 3.63) is 36.9 Å². The number of hydrogen-bond acceptors (Lipinski definition) is 3. The number of aliphatic hydroxyl groups excluding tert-OH is 1. The summed E-state index contributed by atoms with van der Waals surface area (Å²) in [4.78, 5) is 0. The van der Waals surface area contributed by atoms with Crippen molar-refractivity contribution in [2.24, 2.45) is 0 Å². The predicted molar refractivity (Wildman–Crippen MR) is 62.3 cm³/mol. The summed E-state index contributed by atoms with van der Waals surface area (Å²) < 4.78 is 5.45. The molecular weight excluding hydrogens is 190 g/mol. The van der Waals surface area contributed by atoms with Gasteiger partial charge in [0.25, 0.3) is 0 Å². The van der Waals surface area contributed by atoms with Gasteiger partial charge in [-0.2, -0.15) is 0 Å². The molecule has 0 bridgehead atoms. The molecule has 3 heteroatoms. The van der Waals surface area contributed by atoms with Crippen LogP contribution in [0.5, 0.6) is 5.75 Å². The normalized spacial score (nSPS) is 11.9. The SMILES string of the molecule is C=CC(CO)Nc1ccccc1OCC. The van der Waals surface area contributed by atoms with E-state index in [1.54, 1.807) is 6.08 Å². The minimum Gasteiger partial charge on any atom is -0.492 e. The first-order valence-corrected chi connectivity index (χ1v) is 5.03. The lowest BCUT2D eigenvalue weighted by molar-refractivity contribution is 0.290. The summed E-state index contributed by atoms with van der Waals surface area (Å²) in [5.41, 5.74) is 0.873. The summed E-state index contributed by atoms with van der Waals surface area (Å²) in [7, 11) is 0. The molecule has 2 N–H and O–H groups in total. The molecule has 0 aliphatic carbocycles. The molecule has 1 aromatic rings. The number of aliphatic hydroxyl groups is 1. The van der Waals surface area contributed by atoms with Crippen LogP contribution in [0.25, 0.3) is 0 Å². The van der Waals surface area contributed by atoms with Crippen LogP contribution in [0.3, 0.4) is 0 Å². The predicted octanol–water partition coefficient (Wildman–Crippen LogP) is 2.04. The van der Waals surface area contributed by atoms with Crippen LogP contribution in [0.15, 0.2) is 36.9 Å². The quantitative estimate of drug-likeness (QED) is 0.701. The molecule has 0 aromatic heterocycles. The molecule has 1 unspecified atom stereocenters. The van der Waals surface area contributed by atoms with Gasteiger partial charge in [-0.3, -0.25) is 0 Å². The molecule has 1 rings (SSSR count). The Morgan fingerprint density at radius 2 is 2.27 bits per heavy atom. The molecule has 0 aliphatic heterocycles. The average molecular weight is 207 g/mol.